The van der Waals surface area contributed by atoms with Crippen LogP contribution in [0, 0.1) is 0 Å². The van der Waals surface area contributed by atoms with Crippen LogP contribution in [-0.4, -0.2) is 12.5 Å². The molecule has 2 aromatic rings. The number of para-hydroxylation sites is 1. The van der Waals surface area contributed by atoms with Crippen molar-refractivity contribution in [3.63, 3.8) is 0 Å². The molecule has 21 heavy (non-hydrogen) atoms. The van der Waals surface area contributed by atoms with Crippen molar-refractivity contribution in [3.05, 3.63) is 59.1 Å². The maximum atomic E-state index is 12.0. The fraction of sp³-hybridized carbons (Fsp3) is 0.235. The van der Waals surface area contributed by atoms with E-state index in [2.05, 4.69) is 30.5 Å². The second-order valence-corrected chi connectivity index (χ2v) is 5.59. The lowest BCUT2D eigenvalue weighted by Gasteiger charge is -2.14. The minimum absolute atomic E-state index is 0.101. The van der Waals surface area contributed by atoms with E-state index in [9.17, 15) is 4.79 Å². The molecular weight excluding hydrogens is 284 g/mol. The van der Waals surface area contributed by atoms with E-state index in [4.69, 9.17) is 11.6 Å². The summed E-state index contributed by atoms with van der Waals surface area (Å²) < 4.78 is 0. The van der Waals surface area contributed by atoms with Crippen LogP contribution in [-0.2, 0) is 4.79 Å². The van der Waals surface area contributed by atoms with Crippen molar-refractivity contribution in [2.45, 2.75) is 19.8 Å². The number of rotatable bonds is 5. The first-order chi connectivity index (χ1) is 10.1. The van der Waals surface area contributed by atoms with Gasteiger partial charge in [-0.2, -0.15) is 0 Å². The van der Waals surface area contributed by atoms with Gasteiger partial charge in [-0.05, 0) is 35.7 Å². The van der Waals surface area contributed by atoms with Gasteiger partial charge in [0.2, 0.25) is 5.91 Å². The first-order valence-electron chi connectivity index (χ1n) is 6.94. The van der Waals surface area contributed by atoms with Crippen molar-refractivity contribution in [2.24, 2.45) is 0 Å². The molecule has 2 aromatic carbocycles. The van der Waals surface area contributed by atoms with E-state index >= 15 is 0 Å². The molecular formula is C17H19ClN2O. The first kappa shape index (κ1) is 15.4. The van der Waals surface area contributed by atoms with Gasteiger partial charge in [0.25, 0.3) is 0 Å². The molecule has 0 aliphatic rings. The van der Waals surface area contributed by atoms with Crippen molar-refractivity contribution >= 4 is 28.9 Å². The highest BCUT2D eigenvalue weighted by molar-refractivity contribution is 6.30. The summed E-state index contributed by atoms with van der Waals surface area (Å²) in [5.41, 5.74) is 2.90. The molecule has 0 unspecified atom stereocenters. The Bertz CT molecular complexity index is 626. The van der Waals surface area contributed by atoms with Crippen LogP contribution in [0.2, 0.25) is 5.02 Å². The minimum atomic E-state index is -0.101. The van der Waals surface area contributed by atoms with Gasteiger partial charge in [-0.15, -0.1) is 0 Å². The highest BCUT2D eigenvalue weighted by atomic mass is 35.5. The summed E-state index contributed by atoms with van der Waals surface area (Å²) in [6.07, 6.45) is 0. The van der Waals surface area contributed by atoms with Crippen LogP contribution in [0.1, 0.15) is 25.3 Å². The average Bonchev–Trinajstić information content (AvgIpc) is 2.45. The molecule has 0 saturated heterocycles. The Kier molecular flexibility index (Phi) is 5.23. The predicted octanol–water partition coefficient (Wildman–Crippen LogP) is 4.51. The molecule has 110 valence electrons. The quantitative estimate of drug-likeness (QED) is 0.853. The third-order valence-electron chi connectivity index (χ3n) is 3.13. The standard InChI is InChI=1S/C17H19ClN2O/c1-12(2)15-8-3-4-9-16(15)19-11-17(21)20-14-7-5-6-13(18)10-14/h3-10,12,19H,11H2,1-2H3,(H,20,21). The maximum Gasteiger partial charge on any atom is 0.243 e. The number of carbonyl (C=O) groups excluding carboxylic acids is 1. The van der Waals surface area contributed by atoms with Crippen molar-refractivity contribution < 1.29 is 4.79 Å². The average molecular weight is 303 g/mol. The SMILES string of the molecule is CC(C)c1ccccc1NCC(=O)Nc1cccc(Cl)c1. The summed E-state index contributed by atoms with van der Waals surface area (Å²) in [5.74, 6) is 0.306. The van der Waals surface area contributed by atoms with Crippen LogP contribution < -0.4 is 10.6 Å². The first-order valence-corrected chi connectivity index (χ1v) is 7.32. The molecule has 0 spiro atoms. The van der Waals surface area contributed by atoms with Gasteiger partial charge in [0.15, 0.2) is 0 Å². The number of nitrogens with one attached hydrogen (secondary N) is 2. The Hall–Kier alpha value is -2.00. The zero-order valence-corrected chi connectivity index (χ0v) is 12.9. The fourth-order valence-corrected chi connectivity index (χ4v) is 2.30. The van der Waals surface area contributed by atoms with Gasteiger partial charge in [0.05, 0.1) is 6.54 Å². The van der Waals surface area contributed by atoms with Gasteiger partial charge in [-0.3, -0.25) is 4.79 Å². The molecule has 0 heterocycles. The van der Waals surface area contributed by atoms with E-state index in [-0.39, 0.29) is 12.5 Å². The van der Waals surface area contributed by atoms with Crippen LogP contribution in [0.4, 0.5) is 11.4 Å². The lowest BCUT2D eigenvalue weighted by molar-refractivity contribution is -0.114. The van der Waals surface area contributed by atoms with Gasteiger partial charge in [-0.1, -0.05) is 49.7 Å². The number of halogens is 1. The second-order valence-electron chi connectivity index (χ2n) is 5.15. The molecule has 0 atom stereocenters. The molecule has 0 bridgehead atoms. The number of carbonyl (C=O) groups is 1. The second kappa shape index (κ2) is 7.14. The summed E-state index contributed by atoms with van der Waals surface area (Å²) in [6.45, 7) is 4.48. The Morgan fingerprint density at radius 1 is 1.14 bits per heavy atom. The van der Waals surface area contributed by atoms with Gasteiger partial charge >= 0.3 is 0 Å². The van der Waals surface area contributed by atoms with Crippen LogP contribution in [0.25, 0.3) is 0 Å². The number of amides is 1. The lowest BCUT2D eigenvalue weighted by Crippen LogP contribution is -2.22. The van der Waals surface area contributed by atoms with Crippen molar-refractivity contribution in [2.75, 3.05) is 17.2 Å². The van der Waals surface area contributed by atoms with Gasteiger partial charge < -0.3 is 10.6 Å². The van der Waals surface area contributed by atoms with Crippen LogP contribution in [0.3, 0.4) is 0 Å². The van der Waals surface area contributed by atoms with Crippen molar-refractivity contribution in [1.29, 1.82) is 0 Å². The van der Waals surface area contributed by atoms with Crippen molar-refractivity contribution in [3.8, 4) is 0 Å². The molecule has 4 heteroatoms. The Morgan fingerprint density at radius 2 is 1.90 bits per heavy atom. The van der Waals surface area contributed by atoms with Crippen LogP contribution in [0.5, 0.6) is 0 Å². The number of hydrogen-bond acceptors (Lipinski definition) is 2. The lowest BCUT2D eigenvalue weighted by atomic mass is 10.0. The summed E-state index contributed by atoms with van der Waals surface area (Å²) in [4.78, 5) is 12.0. The van der Waals surface area contributed by atoms with E-state index < -0.39 is 0 Å². The molecule has 0 aromatic heterocycles. The van der Waals surface area contributed by atoms with E-state index in [0.717, 1.165) is 5.69 Å². The molecule has 2 rings (SSSR count). The Labute approximate surface area is 130 Å². The smallest absolute Gasteiger partial charge is 0.243 e. The van der Waals surface area contributed by atoms with Gasteiger partial charge in [0, 0.05) is 16.4 Å². The molecule has 0 fully saturated rings. The monoisotopic (exact) mass is 302 g/mol. The van der Waals surface area contributed by atoms with Crippen molar-refractivity contribution in [1.82, 2.24) is 0 Å². The zero-order valence-electron chi connectivity index (χ0n) is 12.2. The maximum absolute atomic E-state index is 12.0. The van der Waals surface area contributed by atoms with Crippen LogP contribution in [0.15, 0.2) is 48.5 Å². The van der Waals surface area contributed by atoms with Gasteiger partial charge in [0.1, 0.15) is 0 Å². The summed E-state index contributed by atoms with van der Waals surface area (Å²) in [5, 5.41) is 6.60. The zero-order chi connectivity index (χ0) is 15.2. The molecule has 2 N–H and O–H groups in total. The Balaban J connectivity index is 1.95. The molecule has 0 saturated carbocycles. The van der Waals surface area contributed by atoms with Crippen LogP contribution >= 0.6 is 11.6 Å². The topological polar surface area (TPSA) is 41.1 Å². The fourth-order valence-electron chi connectivity index (χ4n) is 2.11. The van der Waals surface area contributed by atoms with E-state index in [1.807, 2.05) is 24.3 Å². The molecule has 0 radical (unpaired) electrons. The summed E-state index contributed by atoms with van der Waals surface area (Å²) >= 11 is 5.89. The molecule has 3 nitrogen and oxygen atoms in total. The Morgan fingerprint density at radius 3 is 2.62 bits per heavy atom. The number of anilines is 2. The van der Waals surface area contributed by atoms with E-state index in [1.54, 1.807) is 18.2 Å². The summed E-state index contributed by atoms with van der Waals surface area (Å²) in [6, 6.07) is 15.1. The van der Waals surface area contributed by atoms with Gasteiger partial charge in [-0.25, -0.2) is 0 Å². The highest BCUT2D eigenvalue weighted by Gasteiger charge is 2.07. The highest BCUT2D eigenvalue weighted by Crippen LogP contribution is 2.23. The summed E-state index contributed by atoms with van der Waals surface area (Å²) in [7, 11) is 0. The molecule has 0 aliphatic carbocycles. The largest absolute Gasteiger partial charge is 0.376 e. The number of benzene rings is 2. The van der Waals surface area contributed by atoms with E-state index in [1.165, 1.54) is 5.56 Å². The number of hydrogen-bond donors (Lipinski definition) is 2. The van der Waals surface area contributed by atoms with E-state index in [0.29, 0.717) is 16.6 Å². The minimum Gasteiger partial charge on any atom is -0.376 e. The third-order valence-corrected chi connectivity index (χ3v) is 3.37. The molecule has 0 aliphatic heterocycles. The normalized spacial score (nSPS) is 10.5. The predicted molar refractivity (Wildman–Crippen MR) is 89.1 cm³/mol. The molecule has 1 amide bonds. The third kappa shape index (κ3) is 4.50.